The Hall–Kier alpha value is -2.80. The number of amides is 2. The molecule has 2 heterocycles. The van der Waals surface area contributed by atoms with E-state index in [4.69, 9.17) is 4.74 Å². The molecular formula is C20H18N2O4S. The van der Waals surface area contributed by atoms with Crippen molar-refractivity contribution < 1.29 is 19.1 Å². The predicted octanol–water partition coefficient (Wildman–Crippen LogP) is 2.62. The number of anilines is 2. The second-order valence-electron chi connectivity index (χ2n) is 6.38. The van der Waals surface area contributed by atoms with E-state index in [0.717, 1.165) is 28.3 Å². The standard InChI is InChI=1S/C20H18N2O4S/c23-18(22-10-9-13-5-1-3-7-15(13)22)12-26-19(24)11-17-20(25)21-14-6-2-4-8-16(14)27-17/h1-8,17H,9-12H2,(H,21,25)/t17-/m1/s1. The van der Waals surface area contributed by atoms with Gasteiger partial charge in [0.2, 0.25) is 5.91 Å². The molecule has 0 aromatic heterocycles. The van der Waals surface area contributed by atoms with Crippen LogP contribution in [0.2, 0.25) is 0 Å². The van der Waals surface area contributed by atoms with Crippen LogP contribution in [0.4, 0.5) is 11.4 Å². The fourth-order valence-electron chi connectivity index (χ4n) is 3.25. The first-order valence-electron chi connectivity index (χ1n) is 8.72. The van der Waals surface area contributed by atoms with E-state index >= 15 is 0 Å². The fourth-order valence-corrected chi connectivity index (χ4v) is 4.35. The molecule has 1 N–H and O–H groups in total. The Labute approximate surface area is 160 Å². The summed E-state index contributed by atoms with van der Waals surface area (Å²) in [5.74, 6) is -1.03. The Morgan fingerprint density at radius 1 is 1.15 bits per heavy atom. The van der Waals surface area contributed by atoms with E-state index in [2.05, 4.69) is 5.32 Å². The molecule has 2 aliphatic heterocycles. The maximum absolute atomic E-state index is 12.4. The number of nitrogens with one attached hydrogen (secondary N) is 1. The van der Waals surface area contributed by atoms with Gasteiger partial charge in [-0.15, -0.1) is 11.8 Å². The molecule has 1 atom stereocenters. The third-order valence-corrected chi connectivity index (χ3v) is 5.88. The van der Waals surface area contributed by atoms with Crippen molar-refractivity contribution in [1.29, 1.82) is 0 Å². The lowest BCUT2D eigenvalue weighted by molar-refractivity contribution is -0.148. The van der Waals surface area contributed by atoms with E-state index in [1.165, 1.54) is 11.8 Å². The van der Waals surface area contributed by atoms with Crippen LogP contribution in [-0.4, -0.2) is 36.2 Å². The molecule has 7 heteroatoms. The van der Waals surface area contributed by atoms with Gasteiger partial charge in [0.1, 0.15) is 0 Å². The largest absolute Gasteiger partial charge is 0.456 e. The van der Waals surface area contributed by atoms with Crippen LogP contribution in [0.15, 0.2) is 53.4 Å². The molecule has 0 spiro atoms. The molecule has 0 radical (unpaired) electrons. The third-order valence-electron chi connectivity index (χ3n) is 4.60. The molecule has 0 saturated carbocycles. The Morgan fingerprint density at radius 2 is 1.93 bits per heavy atom. The summed E-state index contributed by atoms with van der Waals surface area (Å²) in [7, 11) is 0. The number of esters is 1. The third kappa shape index (κ3) is 3.68. The van der Waals surface area contributed by atoms with Crippen LogP contribution in [0.25, 0.3) is 0 Å². The highest BCUT2D eigenvalue weighted by atomic mass is 32.2. The minimum Gasteiger partial charge on any atom is -0.456 e. The van der Waals surface area contributed by atoms with E-state index in [-0.39, 0.29) is 24.8 Å². The molecule has 2 aromatic carbocycles. The number of carbonyl (C=O) groups is 3. The number of thioether (sulfide) groups is 1. The number of fused-ring (bicyclic) bond motifs is 2. The maximum Gasteiger partial charge on any atom is 0.307 e. The number of carbonyl (C=O) groups excluding carboxylic acids is 3. The highest BCUT2D eigenvalue weighted by Gasteiger charge is 2.30. The highest BCUT2D eigenvalue weighted by Crippen LogP contribution is 2.36. The zero-order chi connectivity index (χ0) is 18.8. The summed E-state index contributed by atoms with van der Waals surface area (Å²) >= 11 is 1.34. The molecular weight excluding hydrogens is 364 g/mol. The summed E-state index contributed by atoms with van der Waals surface area (Å²) < 4.78 is 5.15. The molecule has 0 fully saturated rings. The minimum atomic E-state index is -0.560. The van der Waals surface area contributed by atoms with Gasteiger partial charge < -0.3 is 15.0 Å². The molecule has 27 heavy (non-hydrogen) atoms. The number of rotatable bonds is 4. The van der Waals surface area contributed by atoms with Gasteiger partial charge in [-0.2, -0.15) is 0 Å². The number of nitrogens with zero attached hydrogens (tertiary/aromatic N) is 1. The van der Waals surface area contributed by atoms with Crippen LogP contribution in [0.3, 0.4) is 0 Å². The SMILES string of the molecule is O=C(C[C@H]1Sc2ccccc2NC1=O)OCC(=O)N1CCc2ccccc21. The molecule has 2 aliphatic rings. The Bertz CT molecular complexity index is 914. The first-order valence-corrected chi connectivity index (χ1v) is 9.60. The Kier molecular flexibility index (Phi) is 4.85. The number of hydrogen-bond donors (Lipinski definition) is 1. The number of ether oxygens (including phenoxy) is 1. The normalized spacial score (nSPS) is 17.7. The highest BCUT2D eigenvalue weighted by molar-refractivity contribution is 8.01. The minimum absolute atomic E-state index is 0.0747. The Morgan fingerprint density at radius 3 is 2.81 bits per heavy atom. The first kappa shape index (κ1) is 17.6. The van der Waals surface area contributed by atoms with Gasteiger partial charge in [0, 0.05) is 17.1 Å². The summed E-state index contributed by atoms with van der Waals surface area (Å²) in [6.07, 6.45) is 0.725. The van der Waals surface area contributed by atoms with Crippen molar-refractivity contribution in [1.82, 2.24) is 0 Å². The molecule has 0 saturated heterocycles. The van der Waals surface area contributed by atoms with E-state index in [1.54, 1.807) is 4.90 Å². The zero-order valence-corrected chi connectivity index (χ0v) is 15.3. The van der Waals surface area contributed by atoms with Crippen molar-refractivity contribution in [2.45, 2.75) is 23.0 Å². The molecule has 0 aliphatic carbocycles. The molecule has 2 amide bonds. The first-order chi connectivity index (χ1) is 13.1. The van der Waals surface area contributed by atoms with Gasteiger partial charge in [0.05, 0.1) is 17.4 Å². The molecule has 0 bridgehead atoms. The van der Waals surface area contributed by atoms with Crippen LogP contribution >= 0.6 is 11.8 Å². The van der Waals surface area contributed by atoms with E-state index in [0.29, 0.717) is 6.54 Å². The number of hydrogen-bond acceptors (Lipinski definition) is 5. The van der Waals surface area contributed by atoms with Crippen molar-refractivity contribution >= 4 is 40.9 Å². The number of para-hydroxylation sites is 2. The fraction of sp³-hybridized carbons (Fsp3) is 0.250. The summed E-state index contributed by atoms with van der Waals surface area (Å²) in [6, 6.07) is 15.1. The maximum atomic E-state index is 12.4. The topological polar surface area (TPSA) is 75.7 Å². The van der Waals surface area contributed by atoms with Crippen molar-refractivity contribution in [2.75, 3.05) is 23.4 Å². The van der Waals surface area contributed by atoms with Crippen molar-refractivity contribution in [3.63, 3.8) is 0 Å². The lowest BCUT2D eigenvalue weighted by atomic mass is 10.2. The van der Waals surface area contributed by atoms with Gasteiger partial charge in [-0.05, 0) is 30.2 Å². The van der Waals surface area contributed by atoms with Crippen LogP contribution in [0.5, 0.6) is 0 Å². The van der Waals surface area contributed by atoms with Crippen LogP contribution < -0.4 is 10.2 Å². The monoisotopic (exact) mass is 382 g/mol. The Balaban J connectivity index is 1.32. The quantitative estimate of drug-likeness (QED) is 0.823. The van der Waals surface area contributed by atoms with Crippen molar-refractivity contribution in [2.24, 2.45) is 0 Å². The van der Waals surface area contributed by atoms with Crippen LogP contribution in [0.1, 0.15) is 12.0 Å². The lowest BCUT2D eigenvalue weighted by Crippen LogP contribution is -2.35. The van der Waals surface area contributed by atoms with Gasteiger partial charge in [-0.1, -0.05) is 30.3 Å². The van der Waals surface area contributed by atoms with Gasteiger partial charge in [0.15, 0.2) is 6.61 Å². The lowest BCUT2D eigenvalue weighted by Gasteiger charge is -2.23. The zero-order valence-electron chi connectivity index (χ0n) is 14.5. The van der Waals surface area contributed by atoms with Crippen LogP contribution in [0, 0.1) is 0 Å². The predicted molar refractivity (Wildman–Crippen MR) is 103 cm³/mol. The molecule has 6 nitrogen and oxygen atoms in total. The molecule has 4 rings (SSSR count). The smallest absolute Gasteiger partial charge is 0.307 e. The second kappa shape index (κ2) is 7.44. The van der Waals surface area contributed by atoms with Gasteiger partial charge in [0.25, 0.3) is 5.91 Å². The summed E-state index contributed by atoms with van der Waals surface area (Å²) in [6.45, 7) is 0.274. The summed E-state index contributed by atoms with van der Waals surface area (Å²) in [5.41, 5.74) is 2.74. The van der Waals surface area contributed by atoms with Gasteiger partial charge >= 0.3 is 5.97 Å². The van der Waals surface area contributed by atoms with Gasteiger partial charge in [-0.3, -0.25) is 14.4 Å². The molecule has 0 unspecified atom stereocenters. The second-order valence-corrected chi connectivity index (χ2v) is 7.63. The molecule has 2 aromatic rings. The van der Waals surface area contributed by atoms with Crippen molar-refractivity contribution in [3.8, 4) is 0 Å². The van der Waals surface area contributed by atoms with E-state index in [9.17, 15) is 14.4 Å². The number of benzene rings is 2. The van der Waals surface area contributed by atoms with Crippen LogP contribution in [-0.2, 0) is 25.5 Å². The summed E-state index contributed by atoms with van der Waals surface area (Å²) in [5, 5.41) is 2.23. The summed E-state index contributed by atoms with van der Waals surface area (Å²) in [4.78, 5) is 39.3. The van der Waals surface area contributed by atoms with E-state index < -0.39 is 11.2 Å². The van der Waals surface area contributed by atoms with Gasteiger partial charge in [-0.25, -0.2) is 0 Å². The van der Waals surface area contributed by atoms with Crippen molar-refractivity contribution in [3.05, 3.63) is 54.1 Å². The van der Waals surface area contributed by atoms with E-state index in [1.807, 2.05) is 48.5 Å². The average Bonchev–Trinajstić information content (AvgIpc) is 3.11. The average molecular weight is 382 g/mol. The molecule has 138 valence electrons.